The number of thioether (sulfide) groups is 1. The molecule has 0 spiro atoms. The van der Waals surface area contributed by atoms with Crippen LogP contribution in [0.5, 0.6) is 0 Å². The van der Waals surface area contributed by atoms with Crippen molar-refractivity contribution in [1.82, 2.24) is 38.5 Å². The van der Waals surface area contributed by atoms with Gasteiger partial charge in [-0.1, -0.05) is 18.7 Å². The van der Waals surface area contributed by atoms with Crippen molar-refractivity contribution < 1.29 is 8.42 Å². The van der Waals surface area contributed by atoms with Crippen molar-refractivity contribution in [1.29, 1.82) is 0 Å². The van der Waals surface area contributed by atoms with Crippen LogP contribution in [0.2, 0.25) is 0 Å². The summed E-state index contributed by atoms with van der Waals surface area (Å²) in [6.07, 6.45) is 0.913. The Bertz CT molecular complexity index is 1420. The van der Waals surface area contributed by atoms with Gasteiger partial charge in [-0.25, -0.2) is 27.1 Å². The number of benzene rings is 1. The first-order valence-corrected chi connectivity index (χ1v) is 12.8. The van der Waals surface area contributed by atoms with Gasteiger partial charge in [0.05, 0.1) is 27.4 Å². The van der Waals surface area contributed by atoms with E-state index in [1.54, 1.807) is 16.8 Å². The lowest BCUT2D eigenvalue weighted by Gasteiger charge is -2.11. The summed E-state index contributed by atoms with van der Waals surface area (Å²) >= 11 is 1.41. The summed E-state index contributed by atoms with van der Waals surface area (Å²) in [5.74, 6) is 8.00. The summed E-state index contributed by atoms with van der Waals surface area (Å²) in [6.45, 7) is 6.69. The highest BCUT2D eigenvalue weighted by atomic mass is 32.2. The van der Waals surface area contributed by atoms with Crippen LogP contribution in [0.4, 0.5) is 0 Å². The maximum atomic E-state index is 12.5. The molecule has 4 rings (SSSR count). The molecule has 11 nitrogen and oxygen atoms in total. The third-order valence-corrected chi connectivity index (χ3v) is 7.95. The molecule has 33 heavy (non-hydrogen) atoms. The quantitative estimate of drug-likeness (QED) is 0.294. The van der Waals surface area contributed by atoms with Crippen LogP contribution in [0.25, 0.3) is 17.0 Å². The molecule has 0 radical (unpaired) electrons. The Morgan fingerprint density at radius 1 is 1.15 bits per heavy atom. The first-order valence-electron chi connectivity index (χ1n) is 10.4. The fourth-order valence-electron chi connectivity index (χ4n) is 3.59. The molecule has 0 aliphatic rings. The Morgan fingerprint density at radius 3 is 2.55 bits per heavy atom. The van der Waals surface area contributed by atoms with E-state index in [4.69, 9.17) is 10.8 Å². The second-order valence-corrected chi connectivity index (χ2v) is 11.0. The van der Waals surface area contributed by atoms with Crippen molar-refractivity contribution in [3.8, 4) is 5.95 Å². The van der Waals surface area contributed by atoms with Crippen molar-refractivity contribution in [3.63, 3.8) is 0 Å². The SMILES string of the molecule is CCCn1c(CSc2nnc(-n3nc(C)cc3C)n2N)nc2cc(S(=O)(=O)N(C)C)ccc21. The van der Waals surface area contributed by atoms with Crippen LogP contribution in [-0.2, 0) is 22.3 Å². The molecule has 2 N–H and O–H groups in total. The number of aromatic nitrogens is 7. The van der Waals surface area contributed by atoms with Crippen LogP contribution in [0.3, 0.4) is 0 Å². The van der Waals surface area contributed by atoms with Gasteiger partial charge in [-0.15, -0.1) is 10.2 Å². The number of nitrogen functional groups attached to an aromatic ring is 1. The third-order valence-electron chi connectivity index (χ3n) is 5.20. The van der Waals surface area contributed by atoms with E-state index >= 15 is 0 Å². The number of nitrogens with two attached hydrogens (primary N) is 1. The van der Waals surface area contributed by atoms with Gasteiger partial charge in [0, 0.05) is 26.3 Å². The van der Waals surface area contributed by atoms with Gasteiger partial charge >= 0.3 is 0 Å². The van der Waals surface area contributed by atoms with Crippen molar-refractivity contribution in [2.24, 2.45) is 0 Å². The molecule has 0 saturated heterocycles. The lowest BCUT2D eigenvalue weighted by atomic mass is 10.3. The second-order valence-electron chi connectivity index (χ2n) is 7.90. The van der Waals surface area contributed by atoms with E-state index in [2.05, 4.69) is 26.8 Å². The number of nitrogens with zero attached hydrogens (tertiary/aromatic N) is 8. The summed E-state index contributed by atoms with van der Waals surface area (Å²) in [6, 6.07) is 7.01. The number of sulfonamides is 1. The van der Waals surface area contributed by atoms with Gasteiger partial charge in [0.15, 0.2) is 0 Å². The fourth-order valence-corrected chi connectivity index (χ4v) is 5.31. The molecule has 0 unspecified atom stereocenters. The first-order chi connectivity index (χ1) is 15.6. The van der Waals surface area contributed by atoms with Crippen molar-refractivity contribution in [3.05, 3.63) is 41.5 Å². The maximum absolute atomic E-state index is 12.5. The average molecular weight is 490 g/mol. The van der Waals surface area contributed by atoms with Gasteiger partial charge < -0.3 is 10.4 Å². The van der Waals surface area contributed by atoms with Gasteiger partial charge in [0.25, 0.3) is 5.95 Å². The monoisotopic (exact) mass is 489 g/mol. The summed E-state index contributed by atoms with van der Waals surface area (Å²) in [4.78, 5) is 4.95. The molecule has 0 amide bonds. The van der Waals surface area contributed by atoms with Crippen LogP contribution in [0.1, 0.15) is 30.6 Å². The number of hydrogen-bond donors (Lipinski definition) is 1. The van der Waals surface area contributed by atoms with E-state index in [9.17, 15) is 8.42 Å². The lowest BCUT2D eigenvalue weighted by molar-refractivity contribution is 0.521. The van der Waals surface area contributed by atoms with Crippen molar-refractivity contribution in [2.75, 3.05) is 19.9 Å². The summed E-state index contributed by atoms with van der Waals surface area (Å²) in [7, 11) is -0.509. The molecule has 3 aromatic heterocycles. The Labute approximate surface area is 196 Å². The van der Waals surface area contributed by atoms with Gasteiger partial charge in [-0.05, 0) is 44.5 Å². The van der Waals surface area contributed by atoms with E-state index < -0.39 is 10.0 Å². The predicted molar refractivity (Wildman–Crippen MR) is 127 cm³/mol. The smallest absolute Gasteiger partial charge is 0.271 e. The Kier molecular flexibility index (Phi) is 6.20. The normalized spacial score (nSPS) is 12.3. The molecule has 3 heterocycles. The van der Waals surface area contributed by atoms with Crippen molar-refractivity contribution in [2.45, 2.75) is 49.5 Å². The van der Waals surface area contributed by atoms with E-state index in [-0.39, 0.29) is 4.90 Å². The number of fused-ring (bicyclic) bond motifs is 1. The van der Waals surface area contributed by atoms with Crippen LogP contribution < -0.4 is 5.84 Å². The Hall–Kier alpha value is -2.90. The average Bonchev–Trinajstić information content (AvgIpc) is 3.41. The highest BCUT2D eigenvalue weighted by Gasteiger charge is 2.21. The molecule has 1 aromatic carbocycles. The van der Waals surface area contributed by atoms with Crippen LogP contribution in [0.15, 0.2) is 34.3 Å². The van der Waals surface area contributed by atoms with E-state index in [0.717, 1.165) is 35.7 Å². The molecule has 0 bridgehead atoms. The largest absolute Gasteiger partial charge is 0.334 e. The molecular formula is C20H27N9O2S2. The second kappa shape index (κ2) is 8.80. The highest BCUT2D eigenvalue weighted by Crippen LogP contribution is 2.27. The van der Waals surface area contributed by atoms with Gasteiger partial charge in [0.2, 0.25) is 15.2 Å². The minimum absolute atomic E-state index is 0.219. The van der Waals surface area contributed by atoms with Gasteiger partial charge in [0.1, 0.15) is 5.82 Å². The van der Waals surface area contributed by atoms with Crippen molar-refractivity contribution >= 4 is 32.8 Å². The molecule has 4 aromatic rings. The number of imidazole rings is 1. The molecule has 0 aliphatic carbocycles. The minimum Gasteiger partial charge on any atom is -0.334 e. The molecular weight excluding hydrogens is 462 g/mol. The summed E-state index contributed by atoms with van der Waals surface area (Å²) < 4.78 is 31.4. The standard InChI is InChI=1S/C20H27N9O2S2/c1-6-9-27-17-8-7-15(33(30,31)26(4)5)11-16(17)22-18(27)12-32-20-24-23-19(28(20)21)29-14(3)10-13(2)25-29/h7-8,10-11H,6,9,12,21H2,1-5H3. The van der Waals surface area contributed by atoms with Crippen LogP contribution >= 0.6 is 11.8 Å². The zero-order valence-electron chi connectivity index (χ0n) is 19.2. The fraction of sp³-hybridized carbons (Fsp3) is 0.400. The maximum Gasteiger partial charge on any atom is 0.271 e. The first kappa shape index (κ1) is 23.3. The van der Waals surface area contributed by atoms with E-state index in [1.165, 1.54) is 34.8 Å². The van der Waals surface area contributed by atoms with Crippen LogP contribution in [0, 0.1) is 13.8 Å². The van der Waals surface area contributed by atoms with E-state index in [0.29, 0.717) is 22.4 Å². The van der Waals surface area contributed by atoms with Gasteiger partial charge in [-0.3, -0.25) is 0 Å². The minimum atomic E-state index is -3.54. The number of hydrogen-bond acceptors (Lipinski definition) is 8. The zero-order valence-corrected chi connectivity index (χ0v) is 20.9. The molecule has 0 saturated carbocycles. The Balaban J connectivity index is 1.65. The highest BCUT2D eigenvalue weighted by molar-refractivity contribution is 7.98. The number of aryl methyl sites for hydroxylation is 3. The number of rotatable bonds is 8. The molecule has 0 atom stereocenters. The lowest BCUT2D eigenvalue weighted by Crippen LogP contribution is -2.22. The molecule has 13 heteroatoms. The summed E-state index contributed by atoms with van der Waals surface area (Å²) in [5.41, 5.74) is 3.31. The summed E-state index contributed by atoms with van der Waals surface area (Å²) in [5, 5.41) is 13.4. The van der Waals surface area contributed by atoms with Crippen LogP contribution in [-0.4, -0.2) is 61.0 Å². The van der Waals surface area contributed by atoms with E-state index in [1.807, 2.05) is 26.0 Å². The topological polar surface area (TPSA) is 130 Å². The molecule has 176 valence electrons. The zero-order chi connectivity index (χ0) is 23.9. The third kappa shape index (κ3) is 4.23. The predicted octanol–water partition coefficient (Wildman–Crippen LogP) is 2.10. The molecule has 0 fully saturated rings. The van der Waals surface area contributed by atoms with Gasteiger partial charge in [-0.2, -0.15) is 5.10 Å². The Morgan fingerprint density at radius 2 is 1.91 bits per heavy atom. The molecule has 0 aliphatic heterocycles.